The highest BCUT2D eigenvalue weighted by atomic mass is 35.5. The molecule has 1 atom stereocenters. The number of benzene rings is 1. The SMILES string of the molecule is Cc1[nH]ncc1CNC(C)c1ccc2c(c1)OCO2.Cl. The van der Waals surface area contributed by atoms with Gasteiger partial charge in [0, 0.05) is 23.8 Å². The molecule has 6 heteroatoms. The summed E-state index contributed by atoms with van der Waals surface area (Å²) < 4.78 is 10.7. The molecular weight excluding hydrogens is 278 g/mol. The molecule has 20 heavy (non-hydrogen) atoms. The number of ether oxygens (including phenoxy) is 2. The maximum Gasteiger partial charge on any atom is 0.231 e. The van der Waals surface area contributed by atoms with Gasteiger partial charge < -0.3 is 14.8 Å². The van der Waals surface area contributed by atoms with Crippen molar-refractivity contribution in [3.8, 4) is 11.5 Å². The van der Waals surface area contributed by atoms with Gasteiger partial charge in [0.15, 0.2) is 11.5 Å². The average Bonchev–Trinajstić information content (AvgIpc) is 3.03. The quantitative estimate of drug-likeness (QED) is 0.910. The number of nitrogens with zero attached hydrogens (tertiary/aromatic N) is 1. The van der Waals surface area contributed by atoms with Crippen LogP contribution in [-0.2, 0) is 6.54 Å². The van der Waals surface area contributed by atoms with Gasteiger partial charge in [-0.05, 0) is 31.5 Å². The van der Waals surface area contributed by atoms with Gasteiger partial charge >= 0.3 is 0 Å². The lowest BCUT2D eigenvalue weighted by Gasteiger charge is -2.14. The molecule has 0 saturated carbocycles. The highest BCUT2D eigenvalue weighted by molar-refractivity contribution is 5.85. The van der Waals surface area contributed by atoms with Crippen molar-refractivity contribution in [3.05, 3.63) is 41.2 Å². The van der Waals surface area contributed by atoms with E-state index in [1.165, 1.54) is 11.1 Å². The third-order valence-corrected chi connectivity index (χ3v) is 3.43. The largest absolute Gasteiger partial charge is 0.454 e. The summed E-state index contributed by atoms with van der Waals surface area (Å²) in [6, 6.07) is 6.29. The normalized spacial score (nSPS) is 13.9. The molecule has 1 aliphatic rings. The Balaban J connectivity index is 0.00000147. The van der Waals surface area contributed by atoms with Gasteiger partial charge in [-0.15, -0.1) is 12.4 Å². The molecule has 3 rings (SSSR count). The van der Waals surface area contributed by atoms with Gasteiger partial charge in [-0.25, -0.2) is 0 Å². The number of H-pyrrole nitrogens is 1. The van der Waals surface area contributed by atoms with Crippen molar-refractivity contribution >= 4 is 12.4 Å². The van der Waals surface area contributed by atoms with Gasteiger partial charge in [-0.1, -0.05) is 6.07 Å². The molecule has 0 spiro atoms. The molecule has 0 saturated heterocycles. The molecule has 1 aliphatic heterocycles. The third-order valence-electron chi connectivity index (χ3n) is 3.43. The lowest BCUT2D eigenvalue weighted by Crippen LogP contribution is -2.18. The molecule has 2 N–H and O–H groups in total. The van der Waals surface area contributed by atoms with E-state index in [1.54, 1.807) is 0 Å². The maximum absolute atomic E-state index is 5.39. The first-order chi connectivity index (χ1) is 9.24. The van der Waals surface area contributed by atoms with Crippen molar-refractivity contribution in [3.63, 3.8) is 0 Å². The highest BCUT2D eigenvalue weighted by Gasteiger charge is 2.15. The highest BCUT2D eigenvalue weighted by Crippen LogP contribution is 2.34. The van der Waals surface area contributed by atoms with Crippen LogP contribution in [0, 0.1) is 6.92 Å². The molecule has 0 aliphatic carbocycles. The summed E-state index contributed by atoms with van der Waals surface area (Å²) in [5.74, 6) is 1.65. The van der Waals surface area contributed by atoms with E-state index in [-0.39, 0.29) is 18.4 Å². The lowest BCUT2D eigenvalue weighted by molar-refractivity contribution is 0.174. The maximum atomic E-state index is 5.39. The standard InChI is InChI=1S/C14H17N3O2.ClH/c1-9(15-6-12-7-16-17-10(12)2)11-3-4-13-14(5-11)19-8-18-13;/h3-5,7,9,15H,6,8H2,1-2H3,(H,16,17);1H. The molecule has 1 aromatic heterocycles. The van der Waals surface area contributed by atoms with Crippen LogP contribution >= 0.6 is 12.4 Å². The summed E-state index contributed by atoms with van der Waals surface area (Å²) in [7, 11) is 0. The Kier molecular flexibility index (Phi) is 4.52. The second-order valence-electron chi connectivity index (χ2n) is 4.74. The fourth-order valence-electron chi connectivity index (χ4n) is 2.12. The first kappa shape index (κ1) is 14.7. The van der Waals surface area contributed by atoms with Crippen molar-refractivity contribution < 1.29 is 9.47 Å². The van der Waals surface area contributed by atoms with E-state index in [9.17, 15) is 0 Å². The summed E-state index contributed by atoms with van der Waals surface area (Å²) in [5.41, 5.74) is 3.48. The molecular formula is C14H18ClN3O2. The van der Waals surface area contributed by atoms with Crippen molar-refractivity contribution in [2.45, 2.75) is 26.4 Å². The Morgan fingerprint density at radius 3 is 2.90 bits per heavy atom. The van der Waals surface area contributed by atoms with Crippen LogP contribution in [0.4, 0.5) is 0 Å². The minimum atomic E-state index is 0. The van der Waals surface area contributed by atoms with Gasteiger partial charge in [0.05, 0.1) is 6.20 Å². The topological polar surface area (TPSA) is 59.2 Å². The monoisotopic (exact) mass is 295 g/mol. The van der Waals surface area contributed by atoms with Gasteiger partial charge in [0.2, 0.25) is 6.79 Å². The summed E-state index contributed by atoms with van der Waals surface area (Å²) in [5, 5.41) is 10.4. The Morgan fingerprint density at radius 2 is 2.15 bits per heavy atom. The molecule has 5 nitrogen and oxygen atoms in total. The van der Waals surface area contributed by atoms with Crippen LogP contribution in [0.25, 0.3) is 0 Å². The van der Waals surface area contributed by atoms with Gasteiger partial charge in [-0.2, -0.15) is 5.10 Å². The smallest absolute Gasteiger partial charge is 0.231 e. The van der Waals surface area contributed by atoms with E-state index in [1.807, 2.05) is 25.3 Å². The van der Waals surface area contributed by atoms with E-state index in [0.717, 1.165) is 23.7 Å². The predicted octanol–water partition coefficient (Wildman–Crippen LogP) is 2.72. The summed E-state index contributed by atoms with van der Waals surface area (Å²) in [6.07, 6.45) is 1.86. The molecule has 0 amide bonds. The van der Waals surface area contributed by atoms with E-state index >= 15 is 0 Å². The minimum Gasteiger partial charge on any atom is -0.454 e. The summed E-state index contributed by atoms with van der Waals surface area (Å²) in [4.78, 5) is 0. The Labute approximate surface area is 124 Å². The first-order valence-corrected chi connectivity index (χ1v) is 6.36. The number of fused-ring (bicyclic) bond motifs is 1. The fraction of sp³-hybridized carbons (Fsp3) is 0.357. The van der Waals surface area contributed by atoms with Crippen LogP contribution in [-0.4, -0.2) is 17.0 Å². The van der Waals surface area contributed by atoms with Crippen LogP contribution in [0.15, 0.2) is 24.4 Å². The van der Waals surface area contributed by atoms with Crippen molar-refractivity contribution in [1.29, 1.82) is 0 Å². The number of aromatic nitrogens is 2. The van der Waals surface area contributed by atoms with Crippen molar-refractivity contribution in [2.75, 3.05) is 6.79 Å². The van der Waals surface area contributed by atoms with Crippen LogP contribution in [0.2, 0.25) is 0 Å². The number of hydrogen-bond acceptors (Lipinski definition) is 4. The van der Waals surface area contributed by atoms with Gasteiger partial charge in [0.1, 0.15) is 0 Å². The zero-order valence-corrected chi connectivity index (χ0v) is 12.3. The average molecular weight is 296 g/mol. The van der Waals surface area contributed by atoms with Crippen LogP contribution in [0.3, 0.4) is 0 Å². The fourth-order valence-corrected chi connectivity index (χ4v) is 2.12. The Bertz CT molecular complexity index is 586. The Hall–Kier alpha value is -1.72. The molecule has 0 radical (unpaired) electrons. The zero-order valence-electron chi connectivity index (χ0n) is 11.5. The van der Waals surface area contributed by atoms with E-state index in [4.69, 9.17) is 9.47 Å². The van der Waals surface area contributed by atoms with Crippen LogP contribution in [0.5, 0.6) is 11.5 Å². The number of aromatic amines is 1. The molecule has 2 aromatic rings. The number of rotatable bonds is 4. The molecule has 1 unspecified atom stereocenters. The van der Waals surface area contributed by atoms with Crippen molar-refractivity contribution in [2.24, 2.45) is 0 Å². The number of halogens is 1. The zero-order chi connectivity index (χ0) is 13.2. The third kappa shape index (κ3) is 2.89. The van der Waals surface area contributed by atoms with Crippen LogP contribution in [0.1, 0.15) is 29.8 Å². The van der Waals surface area contributed by atoms with Gasteiger partial charge in [-0.3, -0.25) is 5.10 Å². The molecule has 1 aromatic carbocycles. The molecule has 108 valence electrons. The van der Waals surface area contributed by atoms with E-state index in [0.29, 0.717) is 6.79 Å². The van der Waals surface area contributed by atoms with E-state index < -0.39 is 0 Å². The van der Waals surface area contributed by atoms with E-state index in [2.05, 4.69) is 28.5 Å². The van der Waals surface area contributed by atoms with Crippen molar-refractivity contribution in [1.82, 2.24) is 15.5 Å². The second-order valence-corrected chi connectivity index (χ2v) is 4.74. The Morgan fingerprint density at radius 1 is 1.35 bits per heavy atom. The number of aryl methyl sites for hydroxylation is 1. The van der Waals surface area contributed by atoms with Gasteiger partial charge in [0.25, 0.3) is 0 Å². The number of hydrogen-bond donors (Lipinski definition) is 2. The summed E-state index contributed by atoms with van der Waals surface area (Å²) >= 11 is 0. The van der Waals surface area contributed by atoms with Crippen LogP contribution < -0.4 is 14.8 Å². The molecule has 0 fully saturated rings. The number of nitrogens with one attached hydrogen (secondary N) is 2. The molecule has 0 bridgehead atoms. The second kappa shape index (κ2) is 6.15. The minimum absolute atomic E-state index is 0. The molecule has 2 heterocycles. The first-order valence-electron chi connectivity index (χ1n) is 6.36. The summed E-state index contributed by atoms with van der Waals surface area (Å²) in [6.45, 7) is 5.26. The lowest BCUT2D eigenvalue weighted by atomic mass is 10.1. The predicted molar refractivity (Wildman–Crippen MR) is 78.4 cm³/mol.